The Labute approximate surface area is 186 Å². The maximum absolute atomic E-state index is 13.5. The van der Waals surface area contributed by atoms with Crippen LogP contribution in [0.4, 0.5) is 0 Å². The van der Waals surface area contributed by atoms with Gasteiger partial charge in [0.1, 0.15) is 22.0 Å². The molecule has 0 bridgehead atoms. The molecule has 0 aliphatic carbocycles. The van der Waals surface area contributed by atoms with E-state index in [1.165, 1.54) is 22.2 Å². The molecule has 0 amide bonds. The van der Waals surface area contributed by atoms with Crippen LogP contribution < -0.4 is 10.3 Å². The van der Waals surface area contributed by atoms with E-state index in [9.17, 15) is 13.2 Å². The van der Waals surface area contributed by atoms with Crippen LogP contribution in [0.5, 0.6) is 5.75 Å². The van der Waals surface area contributed by atoms with Crippen LogP contribution in [-0.4, -0.2) is 47.4 Å². The van der Waals surface area contributed by atoms with Gasteiger partial charge in [-0.3, -0.25) is 4.79 Å². The highest BCUT2D eigenvalue weighted by Gasteiger charge is 2.33. The zero-order chi connectivity index (χ0) is 23.0. The first-order valence-electron chi connectivity index (χ1n) is 10.5. The van der Waals surface area contributed by atoms with Gasteiger partial charge in [0.05, 0.1) is 12.8 Å². The molecule has 1 atom stereocenters. The Kier molecular flexibility index (Phi) is 5.91. The maximum Gasteiger partial charge on any atom is 0.271 e. The van der Waals surface area contributed by atoms with Gasteiger partial charge in [-0.25, -0.2) is 8.42 Å². The number of nitrogens with zero attached hydrogens (tertiary/aromatic N) is 4. The van der Waals surface area contributed by atoms with E-state index in [1.54, 1.807) is 38.1 Å². The van der Waals surface area contributed by atoms with Gasteiger partial charge in [0.25, 0.3) is 5.56 Å². The summed E-state index contributed by atoms with van der Waals surface area (Å²) in [5.74, 6) is 0.733. The van der Waals surface area contributed by atoms with E-state index in [-0.39, 0.29) is 22.2 Å². The summed E-state index contributed by atoms with van der Waals surface area (Å²) >= 11 is 0. The van der Waals surface area contributed by atoms with Crippen molar-refractivity contribution in [2.45, 2.75) is 51.0 Å². The molecule has 1 aliphatic heterocycles. The molecule has 1 aromatic carbocycles. The third-order valence-corrected chi connectivity index (χ3v) is 7.83. The Morgan fingerprint density at radius 3 is 2.59 bits per heavy atom. The predicted molar refractivity (Wildman–Crippen MR) is 119 cm³/mol. The van der Waals surface area contributed by atoms with Crippen molar-refractivity contribution in [2.24, 2.45) is 0 Å². The van der Waals surface area contributed by atoms with E-state index in [1.807, 2.05) is 6.92 Å². The van der Waals surface area contributed by atoms with Crippen molar-refractivity contribution in [3.05, 3.63) is 52.1 Å². The molecule has 170 valence electrons. The molecule has 32 heavy (non-hydrogen) atoms. The van der Waals surface area contributed by atoms with Crippen molar-refractivity contribution in [1.29, 1.82) is 0 Å². The number of methoxy groups -OCH3 is 1. The van der Waals surface area contributed by atoms with Crippen molar-refractivity contribution >= 4 is 10.0 Å². The summed E-state index contributed by atoms with van der Waals surface area (Å²) in [6.07, 6.45) is 2.66. The van der Waals surface area contributed by atoms with Crippen molar-refractivity contribution in [1.82, 2.24) is 19.2 Å². The number of rotatable bonds is 5. The normalized spacial score (nSPS) is 17.4. The summed E-state index contributed by atoms with van der Waals surface area (Å²) in [7, 11) is -2.32. The number of sulfonamides is 1. The summed E-state index contributed by atoms with van der Waals surface area (Å²) in [4.78, 5) is 12.6. The van der Waals surface area contributed by atoms with Crippen LogP contribution >= 0.6 is 0 Å². The Bertz CT molecular complexity index is 1290. The van der Waals surface area contributed by atoms with E-state index >= 15 is 0 Å². The van der Waals surface area contributed by atoms with Gasteiger partial charge in [-0.15, -0.1) is 0 Å². The second-order valence-electron chi connectivity index (χ2n) is 7.97. The third-order valence-electron chi connectivity index (χ3n) is 5.80. The molecule has 10 heteroatoms. The molecule has 3 heterocycles. The molecule has 0 unspecified atom stereocenters. The fourth-order valence-corrected chi connectivity index (χ4v) is 5.98. The first-order chi connectivity index (χ1) is 15.2. The minimum absolute atomic E-state index is 0.0818. The van der Waals surface area contributed by atoms with E-state index in [0.717, 1.165) is 19.3 Å². The number of aryl methyl sites for hydroxylation is 2. The molecule has 1 aliphatic rings. The van der Waals surface area contributed by atoms with Gasteiger partial charge in [0.2, 0.25) is 10.0 Å². The lowest BCUT2D eigenvalue weighted by Crippen LogP contribution is -2.42. The largest absolute Gasteiger partial charge is 0.495 e. The summed E-state index contributed by atoms with van der Waals surface area (Å²) in [5.41, 5.74) is 1.66. The second kappa shape index (κ2) is 8.51. The molecule has 3 aromatic rings. The summed E-state index contributed by atoms with van der Waals surface area (Å²) in [6.45, 7) is 5.83. The number of ether oxygens (including phenoxy) is 1. The molecular weight excluding hydrogens is 432 g/mol. The molecule has 9 nitrogen and oxygen atoms in total. The average Bonchev–Trinajstić information content (AvgIpc) is 3.11. The van der Waals surface area contributed by atoms with Crippen molar-refractivity contribution in [3.8, 4) is 22.7 Å². The summed E-state index contributed by atoms with van der Waals surface area (Å²) in [6, 6.07) is 7.77. The number of benzene rings is 1. The Hall–Kier alpha value is -2.98. The third kappa shape index (κ3) is 3.84. The second-order valence-corrected chi connectivity index (χ2v) is 9.83. The molecule has 0 spiro atoms. The van der Waals surface area contributed by atoms with Crippen LogP contribution in [-0.2, 0) is 10.0 Å². The van der Waals surface area contributed by atoms with E-state index in [2.05, 4.69) is 10.3 Å². The summed E-state index contributed by atoms with van der Waals surface area (Å²) in [5, 5.41) is 8.36. The van der Waals surface area contributed by atoms with Gasteiger partial charge in [0, 0.05) is 24.2 Å². The van der Waals surface area contributed by atoms with E-state index < -0.39 is 10.0 Å². The van der Waals surface area contributed by atoms with Crippen LogP contribution in [0.15, 0.2) is 44.5 Å². The SMILES string of the molecule is COc1ccc(-c2ccc(=O)n(-c3c(C)noc3C)n2)cc1S(=O)(=O)N1CCCC[C@@H]1C. The number of hydrogen-bond acceptors (Lipinski definition) is 7. The lowest BCUT2D eigenvalue weighted by molar-refractivity contribution is 0.267. The summed E-state index contributed by atoms with van der Waals surface area (Å²) < 4.78 is 40.3. The Balaban J connectivity index is 1.83. The first kappa shape index (κ1) is 22.2. The van der Waals surface area contributed by atoms with Gasteiger partial charge in [0.15, 0.2) is 5.76 Å². The minimum atomic E-state index is -3.77. The highest BCUT2D eigenvalue weighted by atomic mass is 32.2. The zero-order valence-corrected chi connectivity index (χ0v) is 19.3. The van der Waals surface area contributed by atoms with Crippen LogP contribution in [0.25, 0.3) is 16.9 Å². The molecule has 0 saturated carbocycles. The fourth-order valence-electron chi connectivity index (χ4n) is 4.10. The standard InChI is InChI=1S/C22H26N4O5S/c1-14-7-5-6-12-25(14)32(28,29)20-13-17(8-10-19(20)30-4)18-9-11-21(27)26(23-18)22-15(2)24-31-16(22)3/h8-11,13-14H,5-7,12H2,1-4H3/t14-/m0/s1. The average molecular weight is 459 g/mol. The molecule has 0 N–H and O–H groups in total. The lowest BCUT2D eigenvalue weighted by atomic mass is 10.1. The first-order valence-corrected chi connectivity index (χ1v) is 11.9. The predicted octanol–water partition coefficient (Wildman–Crippen LogP) is 3.08. The number of hydrogen-bond donors (Lipinski definition) is 0. The highest BCUT2D eigenvalue weighted by molar-refractivity contribution is 7.89. The van der Waals surface area contributed by atoms with Gasteiger partial charge in [-0.1, -0.05) is 11.6 Å². The van der Waals surface area contributed by atoms with Crippen molar-refractivity contribution in [3.63, 3.8) is 0 Å². The molecule has 0 radical (unpaired) electrons. The topological polar surface area (TPSA) is 108 Å². The van der Waals surface area contributed by atoms with Crippen LogP contribution in [0, 0.1) is 13.8 Å². The zero-order valence-electron chi connectivity index (χ0n) is 18.5. The molecular formula is C22H26N4O5S. The van der Waals surface area contributed by atoms with Crippen molar-refractivity contribution < 1.29 is 17.7 Å². The molecule has 1 fully saturated rings. The molecule has 4 rings (SSSR count). The van der Waals surface area contributed by atoms with E-state index in [4.69, 9.17) is 9.26 Å². The highest BCUT2D eigenvalue weighted by Crippen LogP contribution is 2.34. The number of piperidine rings is 1. The quantitative estimate of drug-likeness (QED) is 0.578. The van der Waals surface area contributed by atoms with Crippen LogP contribution in [0.1, 0.15) is 37.6 Å². The van der Waals surface area contributed by atoms with Crippen LogP contribution in [0.2, 0.25) is 0 Å². The minimum Gasteiger partial charge on any atom is -0.495 e. The fraction of sp³-hybridized carbons (Fsp3) is 0.409. The van der Waals surface area contributed by atoms with Gasteiger partial charge >= 0.3 is 0 Å². The van der Waals surface area contributed by atoms with E-state index in [0.29, 0.717) is 34.9 Å². The monoisotopic (exact) mass is 458 g/mol. The van der Waals surface area contributed by atoms with Crippen LogP contribution in [0.3, 0.4) is 0 Å². The van der Waals surface area contributed by atoms with Gasteiger partial charge in [-0.2, -0.15) is 14.1 Å². The number of aromatic nitrogens is 3. The smallest absolute Gasteiger partial charge is 0.271 e. The Morgan fingerprint density at radius 1 is 1.16 bits per heavy atom. The lowest BCUT2D eigenvalue weighted by Gasteiger charge is -2.32. The Morgan fingerprint density at radius 2 is 1.94 bits per heavy atom. The van der Waals surface area contributed by atoms with Gasteiger partial charge in [-0.05, 0) is 57.9 Å². The maximum atomic E-state index is 13.5. The van der Waals surface area contributed by atoms with Crippen molar-refractivity contribution in [2.75, 3.05) is 13.7 Å². The van der Waals surface area contributed by atoms with Gasteiger partial charge < -0.3 is 9.26 Å². The molecule has 1 saturated heterocycles. The molecule has 2 aromatic heterocycles.